The van der Waals surface area contributed by atoms with E-state index in [1.807, 2.05) is 36.6 Å². The van der Waals surface area contributed by atoms with Crippen LogP contribution in [0.3, 0.4) is 0 Å². The number of nitrogens with one attached hydrogen (secondary N) is 1. The molecule has 2 aromatic carbocycles. The molecule has 0 aliphatic rings. The van der Waals surface area contributed by atoms with Crippen molar-refractivity contribution in [3.63, 3.8) is 0 Å². The van der Waals surface area contributed by atoms with E-state index in [2.05, 4.69) is 15.5 Å². The lowest BCUT2D eigenvalue weighted by molar-refractivity contribution is -0.385. The number of hydrogen-bond acceptors (Lipinski definition) is 8. The minimum Gasteiger partial charge on any atom is -0.490 e. The second-order valence-electron chi connectivity index (χ2n) is 6.26. The molecule has 1 heterocycles. The lowest BCUT2D eigenvalue weighted by Gasteiger charge is -2.11. The summed E-state index contributed by atoms with van der Waals surface area (Å²) in [5.41, 5.74) is 6.28. The first-order valence-electron chi connectivity index (χ1n) is 9.41. The minimum absolute atomic E-state index is 0.122. The summed E-state index contributed by atoms with van der Waals surface area (Å²) in [4.78, 5) is 15.5. The third-order valence-corrected chi connectivity index (χ3v) is 4.82. The van der Waals surface area contributed by atoms with Crippen molar-refractivity contribution in [1.29, 1.82) is 0 Å². The van der Waals surface area contributed by atoms with Crippen LogP contribution in [0.1, 0.15) is 25.0 Å². The Bertz CT molecular complexity index is 1050. The molecule has 156 valence electrons. The van der Waals surface area contributed by atoms with E-state index >= 15 is 0 Å². The second-order valence-corrected chi connectivity index (χ2v) is 7.12. The molecule has 9 heteroatoms. The predicted molar refractivity (Wildman–Crippen MR) is 119 cm³/mol. The van der Waals surface area contributed by atoms with Crippen molar-refractivity contribution in [2.24, 2.45) is 5.10 Å². The molecule has 1 aromatic heterocycles. The van der Waals surface area contributed by atoms with E-state index in [1.54, 1.807) is 19.9 Å². The number of nitro benzene ring substituents is 1. The fourth-order valence-corrected chi connectivity index (χ4v) is 3.38. The molecule has 0 aliphatic heterocycles. The van der Waals surface area contributed by atoms with Crippen molar-refractivity contribution in [3.8, 4) is 22.8 Å². The maximum Gasteiger partial charge on any atom is 0.315 e. The Hall–Kier alpha value is -3.46. The van der Waals surface area contributed by atoms with Crippen LogP contribution < -0.4 is 14.9 Å². The van der Waals surface area contributed by atoms with Crippen molar-refractivity contribution >= 4 is 28.4 Å². The van der Waals surface area contributed by atoms with Crippen LogP contribution in [0.25, 0.3) is 11.3 Å². The van der Waals surface area contributed by atoms with E-state index in [0.29, 0.717) is 29.7 Å². The van der Waals surface area contributed by atoms with E-state index in [9.17, 15) is 10.1 Å². The number of nitro groups is 1. The fourth-order valence-electron chi connectivity index (χ4n) is 2.71. The van der Waals surface area contributed by atoms with Crippen LogP contribution in [-0.4, -0.2) is 29.3 Å². The summed E-state index contributed by atoms with van der Waals surface area (Å²) in [7, 11) is 0. The number of ether oxygens (including phenoxy) is 2. The highest BCUT2D eigenvalue weighted by Gasteiger charge is 2.22. The van der Waals surface area contributed by atoms with E-state index in [4.69, 9.17) is 9.47 Å². The van der Waals surface area contributed by atoms with Crippen LogP contribution in [0.4, 0.5) is 10.8 Å². The molecule has 30 heavy (non-hydrogen) atoms. The van der Waals surface area contributed by atoms with Crippen molar-refractivity contribution in [2.75, 3.05) is 18.6 Å². The molecule has 0 atom stereocenters. The summed E-state index contributed by atoms with van der Waals surface area (Å²) in [6.07, 6.45) is 1.48. The van der Waals surface area contributed by atoms with Gasteiger partial charge in [-0.15, -0.1) is 11.3 Å². The quantitative estimate of drug-likeness (QED) is 0.284. The number of anilines is 1. The molecular weight excluding hydrogens is 404 g/mol. The molecule has 0 bridgehead atoms. The maximum absolute atomic E-state index is 11.5. The highest BCUT2D eigenvalue weighted by molar-refractivity contribution is 7.14. The zero-order valence-corrected chi connectivity index (χ0v) is 17.7. The van der Waals surface area contributed by atoms with E-state index < -0.39 is 4.92 Å². The molecule has 0 spiro atoms. The summed E-state index contributed by atoms with van der Waals surface area (Å²) in [6.45, 7) is 6.25. The number of nitrogens with zero attached hydrogens (tertiary/aromatic N) is 3. The summed E-state index contributed by atoms with van der Waals surface area (Å²) >= 11 is 1.42. The molecule has 0 aliphatic carbocycles. The highest BCUT2D eigenvalue weighted by atomic mass is 32.1. The number of aryl methyl sites for hydroxylation is 1. The lowest BCUT2D eigenvalue weighted by atomic mass is 10.1. The van der Waals surface area contributed by atoms with Gasteiger partial charge in [0.25, 0.3) is 0 Å². The summed E-state index contributed by atoms with van der Waals surface area (Å²) < 4.78 is 11.0. The van der Waals surface area contributed by atoms with Gasteiger partial charge in [0, 0.05) is 22.6 Å². The standard InChI is InChI=1S/C21H22N4O4S/c1-4-28-19-11-15(10-18(25(26)27)20(19)29-5-2)12-22-24-21-23-17(13-30-21)16-8-6-14(3)7-9-16/h6-13H,4-5H2,1-3H3,(H,23,24)/b22-12-. The Morgan fingerprint density at radius 1 is 1.20 bits per heavy atom. The van der Waals surface area contributed by atoms with Gasteiger partial charge in [-0.25, -0.2) is 4.98 Å². The molecule has 0 saturated carbocycles. The van der Waals surface area contributed by atoms with E-state index in [0.717, 1.165) is 11.3 Å². The van der Waals surface area contributed by atoms with Gasteiger partial charge < -0.3 is 9.47 Å². The molecule has 0 saturated heterocycles. The van der Waals surface area contributed by atoms with Crippen LogP contribution in [0.15, 0.2) is 46.9 Å². The number of thiazole rings is 1. The molecule has 1 N–H and O–H groups in total. The fraction of sp³-hybridized carbons (Fsp3) is 0.238. The van der Waals surface area contributed by atoms with Gasteiger partial charge in [0.2, 0.25) is 10.9 Å². The predicted octanol–water partition coefficient (Wildman–Crippen LogP) is 5.27. The van der Waals surface area contributed by atoms with Crippen LogP contribution >= 0.6 is 11.3 Å². The van der Waals surface area contributed by atoms with Gasteiger partial charge in [0.1, 0.15) is 0 Å². The van der Waals surface area contributed by atoms with Crippen molar-refractivity contribution < 1.29 is 14.4 Å². The molecule has 0 fully saturated rings. The smallest absolute Gasteiger partial charge is 0.315 e. The van der Waals surface area contributed by atoms with E-state index in [-0.39, 0.29) is 11.4 Å². The monoisotopic (exact) mass is 426 g/mol. The van der Waals surface area contributed by atoms with Crippen molar-refractivity contribution in [2.45, 2.75) is 20.8 Å². The average Bonchev–Trinajstić information content (AvgIpc) is 3.19. The third-order valence-electron chi connectivity index (χ3n) is 4.07. The summed E-state index contributed by atoms with van der Waals surface area (Å²) in [5, 5.41) is 18.2. The maximum atomic E-state index is 11.5. The Balaban J connectivity index is 1.79. The third kappa shape index (κ3) is 5.12. The summed E-state index contributed by atoms with van der Waals surface area (Å²) in [6, 6.07) is 11.2. The Morgan fingerprint density at radius 3 is 2.60 bits per heavy atom. The molecule has 0 amide bonds. The van der Waals surface area contributed by atoms with Gasteiger partial charge >= 0.3 is 5.69 Å². The second kappa shape index (κ2) is 9.84. The van der Waals surface area contributed by atoms with Crippen molar-refractivity contribution in [3.05, 3.63) is 63.0 Å². The van der Waals surface area contributed by atoms with Gasteiger partial charge in [-0.2, -0.15) is 5.10 Å². The van der Waals surface area contributed by atoms with E-state index in [1.165, 1.54) is 29.2 Å². The average molecular weight is 426 g/mol. The zero-order valence-electron chi connectivity index (χ0n) is 16.9. The number of aromatic nitrogens is 1. The molecule has 0 radical (unpaired) electrons. The van der Waals surface area contributed by atoms with Crippen molar-refractivity contribution in [1.82, 2.24) is 4.98 Å². The zero-order chi connectivity index (χ0) is 21.5. The number of hydrazone groups is 1. The van der Waals surface area contributed by atoms with Gasteiger partial charge in [-0.1, -0.05) is 29.8 Å². The molecule has 8 nitrogen and oxygen atoms in total. The van der Waals surface area contributed by atoms with Gasteiger partial charge in [0.15, 0.2) is 5.75 Å². The number of benzene rings is 2. The van der Waals surface area contributed by atoms with Crippen LogP contribution in [0, 0.1) is 17.0 Å². The molecule has 0 unspecified atom stereocenters. The first kappa shape index (κ1) is 21.3. The van der Waals surface area contributed by atoms with Gasteiger partial charge in [0.05, 0.1) is 30.0 Å². The first-order chi connectivity index (χ1) is 14.5. The SMILES string of the molecule is CCOc1cc(/C=N\Nc2nc(-c3ccc(C)cc3)cs2)cc([N+](=O)[O-])c1OCC. The minimum atomic E-state index is -0.493. The largest absolute Gasteiger partial charge is 0.490 e. The Labute approximate surface area is 178 Å². The Kier molecular flexibility index (Phi) is 6.97. The highest BCUT2D eigenvalue weighted by Crippen LogP contribution is 2.38. The van der Waals surface area contributed by atoms with Crippen LogP contribution in [-0.2, 0) is 0 Å². The van der Waals surface area contributed by atoms with Gasteiger partial charge in [-0.05, 0) is 26.8 Å². The summed E-state index contributed by atoms with van der Waals surface area (Å²) in [5.74, 6) is 0.433. The van der Waals surface area contributed by atoms with Crippen LogP contribution in [0.2, 0.25) is 0 Å². The number of hydrogen-bond donors (Lipinski definition) is 1. The number of rotatable bonds is 9. The molecule has 3 rings (SSSR count). The first-order valence-corrected chi connectivity index (χ1v) is 10.3. The molecular formula is C21H22N4O4S. The molecule has 3 aromatic rings. The lowest BCUT2D eigenvalue weighted by Crippen LogP contribution is -2.03. The topological polar surface area (TPSA) is 98.9 Å². The normalized spacial score (nSPS) is 10.9. The Morgan fingerprint density at radius 2 is 1.93 bits per heavy atom. The van der Waals surface area contributed by atoms with Gasteiger partial charge in [-0.3, -0.25) is 15.5 Å². The van der Waals surface area contributed by atoms with Crippen LogP contribution in [0.5, 0.6) is 11.5 Å².